The number of imidazole rings is 1. The molecule has 0 saturated carbocycles. The van der Waals surface area contributed by atoms with Crippen molar-refractivity contribution in [2.45, 2.75) is 48.1 Å². The van der Waals surface area contributed by atoms with Gasteiger partial charge in [0.25, 0.3) is 0 Å². The van der Waals surface area contributed by atoms with E-state index in [0.29, 0.717) is 0 Å². The number of nitrogens with zero attached hydrogens (tertiary/aromatic N) is 2. The van der Waals surface area contributed by atoms with Crippen LogP contribution in [0.25, 0.3) is 11.0 Å². The third-order valence-corrected chi connectivity index (χ3v) is 2.16. The van der Waals surface area contributed by atoms with Crippen molar-refractivity contribution in [1.82, 2.24) is 9.55 Å². The molecule has 0 atom stereocenters. The summed E-state index contributed by atoms with van der Waals surface area (Å²) < 4.78 is 2.22. The van der Waals surface area contributed by atoms with Crippen LogP contribution < -0.4 is 0 Å². The predicted octanol–water partition coefficient (Wildman–Crippen LogP) is 4.42. The number of fused-ring (bicyclic) bond motifs is 1. The first-order chi connectivity index (χ1) is 7.83. The van der Waals surface area contributed by atoms with Gasteiger partial charge in [0.05, 0.1) is 11.0 Å². The average molecular weight is 220 g/mol. The smallest absolute Gasteiger partial charge is 0.106 e. The molecule has 0 saturated heterocycles. The van der Waals surface area contributed by atoms with E-state index in [1.54, 1.807) is 0 Å². The van der Waals surface area contributed by atoms with E-state index in [4.69, 9.17) is 0 Å². The maximum absolute atomic E-state index is 4.45. The van der Waals surface area contributed by atoms with E-state index in [9.17, 15) is 0 Å². The molecule has 0 spiro atoms. The van der Waals surface area contributed by atoms with Crippen LogP contribution >= 0.6 is 0 Å². The summed E-state index contributed by atoms with van der Waals surface area (Å²) in [5.74, 6) is 1.10. The summed E-state index contributed by atoms with van der Waals surface area (Å²) in [6, 6.07) is 8.23. The minimum Gasteiger partial charge on any atom is -0.329 e. The highest BCUT2D eigenvalue weighted by Gasteiger charge is 2.02. The summed E-state index contributed by atoms with van der Waals surface area (Å²) in [4.78, 5) is 4.45. The van der Waals surface area contributed by atoms with Crippen molar-refractivity contribution in [2.24, 2.45) is 0 Å². The molecule has 0 aliphatic carbocycles. The van der Waals surface area contributed by atoms with E-state index in [1.165, 1.54) is 5.52 Å². The first-order valence-corrected chi connectivity index (χ1v) is 6.25. The molecule has 1 heterocycles. The second kappa shape index (κ2) is 7.91. The largest absolute Gasteiger partial charge is 0.329 e. The second-order valence-electron chi connectivity index (χ2n) is 2.89. The van der Waals surface area contributed by atoms with Gasteiger partial charge in [0.1, 0.15) is 5.82 Å². The van der Waals surface area contributed by atoms with Crippen LogP contribution in [0, 0.1) is 6.92 Å². The summed E-state index contributed by atoms with van der Waals surface area (Å²) in [5.41, 5.74) is 2.33. The monoisotopic (exact) mass is 220 g/mol. The fourth-order valence-electron chi connectivity index (χ4n) is 1.60. The van der Waals surface area contributed by atoms with Crippen LogP contribution in [-0.4, -0.2) is 9.55 Å². The highest BCUT2D eigenvalue weighted by molar-refractivity contribution is 5.75. The van der Waals surface area contributed by atoms with Gasteiger partial charge in [-0.2, -0.15) is 0 Å². The Morgan fingerprint density at radius 3 is 2.19 bits per heavy atom. The molecule has 2 rings (SSSR count). The molecule has 2 aromatic rings. The van der Waals surface area contributed by atoms with Crippen LogP contribution in [-0.2, 0) is 6.54 Å². The number of hydrogen-bond acceptors (Lipinski definition) is 1. The fourth-order valence-corrected chi connectivity index (χ4v) is 1.60. The lowest BCUT2D eigenvalue weighted by Gasteiger charge is -2.00. The second-order valence-corrected chi connectivity index (χ2v) is 2.89. The fraction of sp³-hybridized carbons (Fsp3) is 0.500. The van der Waals surface area contributed by atoms with Crippen molar-refractivity contribution >= 4 is 11.0 Å². The molecule has 2 heteroatoms. The van der Waals surface area contributed by atoms with Crippen LogP contribution in [0.3, 0.4) is 0 Å². The lowest BCUT2D eigenvalue weighted by Crippen LogP contribution is -1.95. The van der Waals surface area contributed by atoms with Crippen LogP contribution in [0.1, 0.15) is 40.4 Å². The van der Waals surface area contributed by atoms with Gasteiger partial charge in [-0.25, -0.2) is 4.98 Å². The Labute approximate surface area is 99.3 Å². The van der Waals surface area contributed by atoms with Crippen molar-refractivity contribution in [3.63, 3.8) is 0 Å². The summed E-state index contributed by atoms with van der Waals surface area (Å²) >= 11 is 0. The van der Waals surface area contributed by atoms with Crippen molar-refractivity contribution in [1.29, 1.82) is 0 Å². The van der Waals surface area contributed by atoms with Crippen LogP contribution in [0.4, 0.5) is 0 Å². The molecule has 0 bridgehead atoms. The van der Waals surface area contributed by atoms with Gasteiger partial charge in [0, 0.05) is 6.54 Å². The maximum atomic E-state index is 4.45. The van der Waals surface area contributed by atoms with Gasteiger partial charge in [0.2, 0.25) is 0 Å². The van der Waals surface area contributed by atoms with Crippen LogP contribution in [0.5, 0.6) is 0 Å². The van der Waals surface area contributed by atoms with Gasteiger partial charge in [-0.1, -0.05) is 39.8 Å². The van der Waals surface area contributed by atoms with Crippen molar-refractivity contribution < 1.29 is 0 Å². The summed E-state index contributed by atoms with van der Waals surface area (Å²) in [6.45, 7) is 13.2. The van der Waals surface area contributed by atoms with Gasteiger partial charge >= 0.3 is 0 Å². The normalized spacial score (nSPS) is 8.88. The predicted molar refractivity (Wildman–Crippen MR) is 72.8 cm³/mol. The maximum Gasteiger partial charge on any atom is 0.106 e. The zero-order valence-corrected chi connectivity index (χ0v) is 11.4. The molecule has 0 fully saturated rings. The Balaban J connectivity index is 0.000000509. The zero-order chi connectivity index (χ0) is 12.6. The Hall–Kier alpha value is -1.31. The SMILES string of the molecule is CC.CC.CCn1c(C)nc2ccccc21. The first kappa shape index (κ1) is 14.7. The summed E-state index contributed by atoms with van der Waals surface area (Å²) in [7, 11) is 0. The number of aromatic nitrogens is 2. The van der Waals surface area contributed by atoms with Crippen LogP contribution in [0.15, 0.2) is 24.3 Å². The molecule has 2 nitrogen and oxygen atoms in total. The summed E-state index contributed by atoms with van der Waals surface area (Å²) in [6.07, 6.45) is 0. The zero-order valence-electron chi connectivity index (χ0n) is 11.4. The van der Waals surface area contributed by atoms with E-state index in [0.717, 1.165) is 17.9 Å². The Bertz CT molecular complexity index is 402. The molecule has 0 unspecified atom stereocenters. The molecule has 1 aromatic carbocycles. The Morgan fingerprint density at radius 2 is 1.62 bits per heavy atom. The number of para-hydroxylation sites is 2. The molecule has 1 aromatic heterocycles. The quantitative estimate of drug-likeness (QED) is 0.695. The number of aryl methyl sites for hydroxylation is 2. The van der Waals surface area contributed by atoms with Gasteiger partial charge in [-0.15, -0.1) is 0 Å². The molecular weight excluding hydrogens is 196 g/mol. The van der Waals surface area contributed by atoms with Gasteiger partial charge in [0.15, 0.2) is 0 Å². The van der Waals surface area contributed by atoms with Gasteiger partial charge < -0.3 is 4.57 Å². The first-order valence-electron chi connectivity index (χ1n) is 6.25. The highest BCUT2D eigenvalue weighted by atomic mass is 15.1. The van der Waals surface area contributed by atoms with Crippen molar-refractivity contribution in [3.8, 4) is 0 Å². The molecule has 0 N–H and O–H groups in total. The highest BCUT2D eigenvalue weighted by Crippen LogP contribution is 2.14. The lowest BCUT2D eigenvalue weighted by atomic mass is 10.3. The molecule has 16 heavy (non-hydrogen) atoms. The van der Waals surface area contributed by atoms with E-state index < -0.39 is 0 Å². The number of rotatable bonds is 1. The van der Waals surface area contributed by atoms with Crippen LogP contribution in [0.2, 0.25) is 0 Å². The third-order valence-electron chi connectivity index (χ3n) is 2.16. The van der Waals surface area contributed by atoms with E-state index in [-0.39, 0.29) is 0 Å². The topological polar surface area (TPSA) is 17.8 Å². The molecule has 90 valence electrons. The standard InChI is InChI=1S/C10H12N2.2C2H6/c1-3-12-8(2)11-9-6-4-5-7-10(9)12;2*1-2/h4-7H,3H2,1-2H3;2*1-2H3. The van der Waals surface area contributed by atoms with Gasteiger partial charge in [-0.3, -0.25) is 0 Å². The molecule has 0 amide bonds. The lowest BCUT2D eigenvalue weighted by molar-refractivity contribution is 0.753. The number of hydrogen-bond donors (Lipinski definition) is 0. The average Bonchev–Trinajstić information content (AvgIpc) is 2.69. The Morgan fingerprint density at radius 1 is 1.06 bits per heavy atom. The molecule has 0 aliphatic heterocycles. The summed E-state index contributed by atoms with van der Waals surface area (Å²) in [5, 5.41) is 0. The number of benzene rings is 1. The minimum atomic E-state index is 0.992. The Kier molecular flexibility index (Phi) is 7.27. The molecule has 0 radical (unpaired) electrons. The van der Waals surface area contributed by atoms with Crippen molar-refractivity contribution in [3.05, 3.63) is 30.1 Å². The molecule has 0 aliphatic rings. The van der Waals surface area contributed by atoms with E-state index >= 15 is 0 Å². The minimum absolute atomic E-state index is 0.992. The van der Waals surface area contributed by atoms with Gasteiger partial charge in [-0.05, 0) is 26.0 Å². The van der Waals surface area contributed by atoms with E-state index in [2.05, 4.69) is 34.7 Å². The van der Waals surface area contributed by atoms with E-state index in [1.807, 2.05) is 40.7 Å². The van der Waals surface area contributed by atoms with Crippen molar-refractivity contribution in [2.75, 3.05) is 0 Å². The molecular formula is C14H24N2. The third kappa shape index (κ3) is 3.09.